The second kappa shape index (κ2) is 7.29. The molecule has 0 aromatic heterocycles. The van der Waals surface area contributed by atoms with E-state index in [-0.39, 0.29) is 30.3 Å². The minimum Gasteiger partial charge on any atom is -0.346 e. The Morgan fingerprint density at radius 2 is 1.75 bits per heavy atom. The first kappa shape index (κ1) is 18.4. The van der Waals surface area contributed by atoms with Crippen LogP contribution >= 0.6 is 0 Å². The van der Waals surface area contributed by atoms with Gasteiger partial charge in [0.15, 0.2) is 5.78 Å². The van der Waals surface area contributed by atoms with Crippen molar-refractivity contribution in [2.45, 2.75) is 52.9 Å². The highest BCUT2D eigenvalue weighted by atomic mass is 16.2. The molecule has 0 N–H and O–H groups in total. The van der Waals surface area contributed by atoms with Crippen molar-refractivity contribution in [3.05, 3.63) is 34.4 Å². The van der Waals surface area contributed by atoms with E-state index in [0.29, 0.717) is 6.54 Å². The summed E-state index contributed by atoms with van der Waals surface area (Å²) in [5, 5.41) is 0. The summed E-state index contributed by atoms with van der Waals surface area (Å²) in [5.41, 5.74) is 3.93. The number of Topliss-reactive ketones (excluding diaryl/α,β-unsaturated/α-hetero) is 2. The summed E-state index contributed by atoms with van der Waals surface area (Å²) in [5.74, 6) is -1.37. The highest BCUT2D eigenvalue weighted by Crippen LogP contribution is 2.37. The van der Waals surface area contributed by atoms with Crippen molar-refractivity contribution in [2.24, 2.45) is 5.92 Å². The van der Waals surface area contributed by atoms with E-state index in [4.69, 9.17) is 0 Å². The van der Waals surface area contributed by atoms with Gasteiger partial charge in [0.1, 0.15) is 11.7 Å². The number of hydrogen-bond donors (Lipinski definition) is 0. The number of hydrogen-bond acceptors (Lipinski definition) is 3. The SMILES string of the molecule is CCCN(C)C(=O)CC1CC(=O)C(c2c(C)cc(C)cc2C)C1=O. The van der Waals surface area contributed by atoms with Gasteiger partial charge in [-0.15, -0.1) is 0 Å². The topological polar surface area (TPSA) is 54.5 Å². The zero-order chi connectivity index (χ0) is 18.0. The van der Waals surface area contributed by atoms with Crippen LogP contribution in [0.5, 0.6) is 0 Å². The third kappa shape index (κ3) is 3.58. The maximum atomic E-state index is 12.8. The molecule has 0 bridgehead atoms. The molecule has 0 spiro atoms. The minimum absolute atomic E-state index is 0.0500. The van der Waals surface area contributed by atoms with E-state index >= 15 is 0 Å². The lowest BCUT2D eigenvalue weighted by molar-refractivity contribution is -0.134. The molecule has 4 heteroatoms. The van der Waals surface area contributed by atoms with Gasteiger partial charge in [-0.2, -0.15) is 0 Å². The largest absolute Gasteiger partial charge is 0.346 e. The average molecular weight is 329 g/mol. The molecular weight excluding hydrogens is 302 g/mol. The number of amides is 1. The Balaban J connectivity index is 2.23. The Morgan fingerprint density at radius 3 is 2.29 bits per heavy atom. The van der Waals surface area contributed by atoms with Crippen LogP contribution in [0.3, 0.4) is 0 Å². The van der Waals surface area contributed by atoms with E-state index in [0.717, 1.165) is 28.7 Å². The fraction of sp³-hybridized carbons (Fsp3) is 0.550. The Hall–Kier alpha value is -1.97. The number of carbonyl (C=O) groups excluding carboxylic acids is 3. The van der Waals surface area contributed by atoms with Crippen LogP contribution < -0.4 is 0 Å². The molecule has 0 heterocycles. The summed E-state index contributed by atoms with van der Waals surface area (Å²) in [6, 6.07) is 4.02. The van der Waals surface area contributed by atoms with Crippen molar-refractivity contribution >= 4 is 17.5 Å². The smallest absolute Gasteiger partial charge is 0.223 e. The van der Waals surface area contributed by atoms with Crippen LogP contribution in [0.15, 0.2) is 12.1 Å². The summed E-state index contributed by atoms with van der Waals surface area (Å²) in [6.07, 6.45) is 1.20. The molecule has 0 radical (unpaired) electrons. The number of benzene rings is 1. The van der Waals surface area contributed by atoms with Gasteiger partial charge in [0, 0.05) is 32.4 Å². The van der Waals surface area contributed by atoms with Crippen LogP contribution in [0.1, 0.15) is 54.4 Å². The van der Waals surface area contributed by atoms with Gasteiger partial charge in [-0.1, -0.05) is 24.6 Å². The van der Waals surface area contributed by atoms with Gasteiger partial charge in [-0.3, -0.25) is 14.4 Å². The molecule has 2 atom stereocenters. The second-order valence-electron chi connectivity index (χ2n) is 7.03. The molecular formula is C20H27NO3. The molecule has 1 amide bonds. The predicted molar refractivity (Wildman–Crippen MR) is 94.1 cm³/mol. The molecule has 4 nitrogen and oxygen atoms in total. The normalized spacial score (nSPS) is 20.5. The van der Waals surface area contributed by atoms with Crippen LogP contribution in [-0.2, 0) is 14.4 Å². The van der Waals surface area contributed by atoms with Crippen LogP contribution in [0.2, 0.25) is 0 Å². The first-order valence-electron chi connectivity index (χ1n) is 8.64. The standard InChI is InChI=1S/C20H27NO3/c1-6-7-21(5)17(23)11-15-10-16(22)19(20(15)24)18-13(3)8-12(2)9-14(18)4/h8-9,15,19H,6-7,10-11H2,1-5H3. The zero-order valence-corrected chi connectivity index (χ0v) is 15.3. The number of nitrogens with zero attached hydrogens (tertiary/aromatic N) is 1. The van der Waals surface area contributed by atoms with E-state index in [2.05, 4.69) is 0 Å². The van der Waals surface area contributed by atoms with Crippen molar-refractivity contribution < 1.29 is 14.4 Å². The summed E-state index contributed by atoms with van der Waals surface area (Å²) in [4.78, 5) is 39.2. The molecule has 130 valence electrons. The molecule has 1 aliphatic carbocycles. The van der Waals surface area contributed by atoms with Gasteiger partial charge in [0.25, 0.3) is 0 Å². The summed E-state index contributed by atoms with van der Waals surface area (Å²) < 4.78 is 0. The molecule has 24 heavy (non-hydrogen) atoms. The Morgan fingerprint density at radius 1 is 1.17 bits per heavy atom. The van der Waals surface area contributed by atoms with E-state index in [1.165, 1.54) is 0 Å². The molecule has 2 unspecified atom stereocenters. The highest BCUT2D eigenvalue weighted by Gasteiger charge is 2.44. The van der Waals surface area contributed by atoms with Gasteiger partial charge in [0.05, 0.1) is 0 Å². The first-order chi connectivity index (χ1) is 11.3. The molecule has 1 aromatic rings. The van der Waals surface area contributed by atoms with Crippen molar-refractivity contribution in [1.82, 2.24) is 4.90 Å². The van der Waals surface area contributed by atoms with Gasteiger partial charge >= 0.3 is 0 Å². The number of ketones is 2. The Kier molecular flexibility index (Phi) is 5.58. The fourth-order valence-electron chi connectivity index (χ4n) is 3.80. The summed E-state index contributed by atoms with van der Waals surface area (Å²) in [7, 11) is 1.75. The highest BCUT2D eigenvalue weighted by molar-refractivity contribution is 6.15. The van der Waals surface area contributed by atoms with Crippen LogP contribution in [-0.4, -0.2) is 36.0 Å². The van der Waals surface area contributed by atoms with E-state index in [1.54, 1.807) is 11.9 Å². The quantitative estimate of drug-likeness (QED) is 0.780. The van der Waals surface area contributed by atoms with Gasteiger partial charge in [0.2, 0.25) is 5.91 Å². The van der Waals surface area contributed by atoms with E-state index in [9.17, 15) is 14.4 Å². The fourth-order valence-corrected chi connectivity index (χ4v) is 3.80. The summed E-state index contributed by atoms with van der Waals surface area (Å²) in [6.45, 7) is 8.58. The lowest BCUT2D eigenvalue weighted by atomic mass is 9.86. The molecule has 1 aromatic carbocycles. The predicted octanol–water partition coefficient (Wildman–Crippen LogP) is 3.11. The van der Waals surface area contributed by atoms with E-state index in [1.807, 2.05) is 39.8 Å². The second-order valence-corrected chi connectivity index (χ2v) is 7.03. The third-order valence-corrected chi connectivity index (χ3v) is 4.89. The molecule has 1 aliphatic rings. The molecule has 1 saturated carbocycles. The number of aryl methyl sites for hydroxylation is 3. The Bertz CT molecular complexity index is 654. The first-order valence-corrected chi connectivity index (χ1v) is 8.64. The number of rotatable bonds is 5. The monoisotopic (exact) mass is 329 g/mol. The average Bonchev–Trinajstić information content (AvgIpc) is 2.74. The van der Waals surface area contributed by atoms with Crippen molar-refractivity contribution in [3.63, 3.8) is 0 Å². The van der Waals surface area contributed by atoms with Gasteiger partial charge < -0.3 is 4.90 Å². The minimum atomic E-state index is -0.695. The van der Waals surface area contributed by atoms with E-state index < -0.39 is 11.8 Å². The van der Waals surface area contributed by atoms with Crippen LogP contribution in [0.25, 0.3) is 0 Å². The van der Waals surface area contributed by atoms with Crippen molar-refractivity contribution in [2.75, 3.05) is 13.6 Å². The number of carbonyl (C=O) groups is 3. The summed E-state index contributed by atoms with van der Waals surface area (Å²) >= 11 is 0. The van der Waals surface area contributed by atoms with Crippen LogP contribution in [0.4, 0.5) is 0 Å². The van der Waals surface area contributed by atoms with Crippen molar-refractivity contribution in [1.29, 1.82) is 0 Å². The molecule has 0 saturated heterocycles. The van der Waals surface area contributed by atoms with Gasteiger partial charge in [-0.25, -0.2) is 0 Å². The van der Waals surface area contributed by atoms with Crippen molar-refractivity contribution in [3.8, 4) is 0 Å². The zero-order valence-electron chi connectivity index (χ0n) is 15.3. The van der Waals surface area contributed by atoms with Gasteiger partial charge in [-0.05, 0) is 43.9 Å². The van der Waals surface area contributed by atoms with Crippen LogP contribution in [0, 0.1) is 26.7 Å². The molecule has 1 fully saturated rings. The lowest BCUT2D eigenvalue weighted by Crippen LogP contribution is -2.30. The lowest BCUT2D eigenvalue weighted by Gasteiger charge is -2.19. The molecule has 2 rings (SSSR count). The maximum absolute atomic E-state index is 12.8. The Labute approximate surface area is 144 Å². The maximum Gasteiger partial charge on any atom is 0.223 e. The third-order valence-electron chi connectivity index (χ3n) is 4.89. The molecule has 0 aliphatic heterocycles.